The molecular formula is C19H25NO4S. The second kappa shape index (κ2) is 8.36. The number of sulfonamides is 1. The first-order valence-electron chi connectivity index (χ1n) is 8.18. The molecule has 0 amide bonds. The first kappa shape index (κ1) is 19.3. The maximum atomic E-state index is 12.4. The van der Waals surface area contributed by atoms with Crippen molar-refractivity contribution in [1.29, 1.82) is 0 Å². The third-order valence-corrected chi connectivity index (χ3v) is 5.49. The number of nitrogens with one attached hydrogen (secondary N) is 1. The fraction of sp³-hybridized carbons (Fsp3) is 0.368. The van der Waals surface area contributed by atoms with Gasteiger partial charge >= 0.3 is 0 Å². The lowest BCUT2D eigenvalue weighted by Gasteiger charge is -2.11. The van der Waals surface area contributed by atoms with Crippen molar-refractivity contribution in [3.05, 3.63) is 53.6 Å². The molecular weight excluding hydrogens is 338 g/mol. The number of rotatable bonds is 8. The fourth-order valence-corrected chi connectivity index (χ4v) is 3.51. The maximum absolute atomic E-state index is 12.4. The number of methoxy groups -OCH3 is 2. The van der Waals surface area contributed by atoms with Crippen molar-refractivity contribution < 1.29 is 17.9 Å². The van der Waals surface area contributed by atoms with E-state index in [9.17, 15) is 8.42 Å². The fourth-order valence-electron chi connectivity index (χ4n) is 2.48. The Hall–Kier alpha value is -2.05. The van der Waals surface area contributed by atoms with E-state index in [1.807, 2.05) is 30.3 Å². The van der Waals surface area contributed by atoms with E-state index in [0.29, 0.717) is 30.4 Å². The zero-order valence-corrected chi connectivity index (χ0v) is 15.9. The summed E-state index contributed by atoms with van der Waals surface area (Å²) < 4.78 is 37.8. The van der Waals surface area contributed by atoms with Gasteiger partial charge in [0.25, 0.3) is 0 Å². The lowest BCUT2D eigenvalue weighted by atomic mass is 10.0. The van der Waals surface area contributed by atoms with Gasteiger partial charge in [-0.05, 0) is 47.7 Å². The molecule has 2 aromatic rings. The van der Waals surface area contributed by atoms with Crippen LogP contribution in [0, 0.1) is 0 Å². The zero-order chi connectivity index (χ0) is 18.4. The van der Waals surface area contributed by atoms with Crippen LogP contribution in [0.5, 0.6) is 11.5 Å². The molecule has 0 fully saturated rings. The van der Waals surface area contributed by atoms with Crippen molar-refractivity contribution in [2.45, 2.75) is 31.1 Å². The van der Waals surface area contributed by atoms with Crippen LogP contribution in [0.1, 0.15) is 30.9 Å². The summed E-state index contributed by atoms with van der Waals surface area (Å²) in [6.07, 6.45) is 0.559. The molecule has 0 radical (unpaired) electrons. The highest BCUT2D eigenvalue weighted by atomic mass is 32.2. The molecule has 0 aliphatic carbocycles. The van der Waals surface area contributed by atoms with E-state index in [4.69, 9.17) is 9.47 Å². The van der Waals surface area contributed by atoms with Crippen LogP contribution in [0.3, 0.4) is 0 Å². The second-order valence-electron chi connectivity index (χ2n) is 6.06. The molecule has 5 nitrogen and oxygen atoms in total. The van der Waals surface area contributed by atoms with Gasteiger partial charge in [0.05, 0.1) is 19.1 Å². The van der Waals surface area contributed by atoms with E-state index < -0.39 is 10.0 Å². The van der Waals surface area contributed by atoms with Crippen LogP contribution in [0.2, 0.25) is 0 Å². The molecule has 2 rings (SSSR count). The van der Waals surface area contributed by atoms with Gasteiger partial charge in [0.2, 0.25) is 10.0 Å². The van der Waals surface area contributed by atoms with Crippen molar-refractivity contribution in [2.75, 3.05) is 20.8 Å². The van der Waals surface area contributed by atoms with Gasteiger partial charge < -0.3 is 9.47 Å². The zero-order valence-electron chi connectivity index (χ0n) is 15.1. The minimum Gasteiger partial charge on any atom is -0.493 e. The molecule has 0 saturated heterocycles. The van der Waals surface area contributed by atoms with Crippen molar-refractivity contribution in [1.82, 2.24) is 4.72 Å². The summed E-state index contributed by atoms with van der Waals surface area (Å²) in [6.45, 7) is 4.46. The highest BCUT2D eigenvalue weighted by Crippen LogP contribution is 2.27. The Kier molecular flexibility index (Phi) is 6.45. The Morgan fingerprint density at radius 1 is 0.960 bits per heavy atom. The third kappa shape index (κ3) is 4.96. The Morgan fingerprint density at radius 2 is 1.60 bits per heavy atom. The minimum absolute atomic E-state index is 0.282. The molecule has 6 heteroatoms. The Labute approximate surface area is 150 Å². The quantitative estimate of drug-likeness (QED) is 0.781. The van der Waals surface area contributed by atoms with Crippen LogP contribution in [0.4, 0.5) is 0 Å². The molecule has 0 spiro atoms. The van der Waals surface area contributed by atoms with Gasteiger partial charge in [0.15, 0.2) is 11.5 Å². The second-order valence-corrected chi connectivity index (χ2v) is 7.83. The molecule has 0 aromatic heterocycles. The van der Waals surface area contributed by atoms with Gasteiger partial charge in [0, 0.05) is 6.54 Å². The molecule has 0 aliphatic rings. The van der Waals surface area contributed by atoms with E-state index in [0.717, 1.165) is 11.1 Å². The SMILES string of the molecule is COc1ccc(CCNS(=O)(=O)c2ccc(C(C)C)cc2)cc1OC. The van der Waals surface area contributed by atoms with Crippen molar-refractivity contribution in [2.24, 2.45) is 0 Å². The van der Waals surface area contributed by atoms with Gasteiger partial charge in [-0.2, -0.15) is 0 Å². The number of ether oxygens (including phenoxy) is 2. The molecule has 0 unspecified atom stereocenters. The van der Waals surface area contributed by atoms with E-state index >= 15 is 0 Å². The summed E-state index contributed by atoms with van der Waals surface area (Å²) in [5.74, 6) is 1.65. The number of hydrogen-bond acceptors (Lipinski definition) is 4. The summed E-state index contributed by atoms with van der Waals surface area (Å²) in [7, 11) is -0.353. The van der Waals surface area contributed by atoms with E-state index in [1.165, 1.54) is 0 Å². The Balaban J connectivity index is 2.00. The van der Waals surface area contributed by atoms with E-state index in [2.05, 4.69) is 18.6 Å². The summed E-state index contributed by atoms with van der Waals surface area (Å²) in [5.41, 5.74) is 2.08. The molecule has 0 atom stereocenters. The standard InChI is InChI=1S/C19H25NO4S/c1-14(2)16-6-8-17(9-7-16)25(21,22)20-12-11-15-5-10-18(23-3)19(13-15)24-4/h5-10,13-14,20H,11-12H2,1-4H3. The lowest BCUT2D eigenvalue weighted by molar-refractivity contribution is 0.354. The highest BCUT2D eigenvalue weighted by molar-refractivity contribution is 7.89. The molecule has 2 aromatic carbocycles. The maximum Gasteiger partial charge on any atom is 0.240 e. The molecule has 0 heterocycles. The van der Waals surface area contributed by atoms with Crippen molar-refractivity contribution in [3.8, 4) is 11.5 Å². The van der Waals surface area contributed by atoms with E-state index in [1.54, 1.807) is 26.4 Å². The third-order valence-electron chi connectivity index (χ3n) is 4.01. The molecule has 0 bridgehead atoms. The van der Waals surface area contributed by atoms with Crippen LogP contribution in [0.15, 0.2) is 47.4 Å². The lowest BCUT2D eigenvalue weighted by Crippen LogP contribution is -2.26. The van der Waals surface area contributed by atoms with Crippen LogP contribution in [-0.2, 0) is 16.4 Å². The minimum atomic E-state index is -3.51. The molecule has 25 heavy (non-hydrogen) atoms. The van der Waals surface area contributed by atoms with Gasteiger partial charge in [-0.3, -0.25) is 0 Å². The average molecular weight is 363 g/mol. The normalized spacial score (nSPS) is 11.6. The first-order valence-corrected chi connectivity index (χ1v) is 9.66. The van der Waals surface area contributed by atoms with Crippen molar-refractivity contribution >= 4 is 10.0 Å². The van der Waals surface area contributed by atoms with Crippen LogP contribution in [0.25, 0.3) is 0 Å². The average Bonchev–Trinajstić information content (AvgIpc) is 2.61. The highest BCUT2D eigenvalue weighted by Gasteiger charge is 2.14. The van der Waals surface area contributed by atoms with E-state index in [-0.39, 0.29) is 4.90 Å². The number of hydrogen-bond donors (Lipinski definition) is 1. The van der Waals surface area contributed by atoms with Gasteiger partial charge in [0.1, 0.15) is 0 Å². The van der Waals surface area contributed by atoms with Crippen LogP contribution < -0.4 is 14.2 Å². The van der Waals surface area contributed by atoms with Gasteiger partial charge in [-0.1, -0.05) is 32.0 Å². The van der Waals surface area contributed by atoms with Gasteiger partial charge in [-0.15, -0.1) is 0 Å². The summed E-state index contributed by atoms with van der Waals surface area (Å²) in [5, 5.41) is 0. The van der Waals surface area contributed by atoms with Crippen molar-refractivity contribution in [3.63, 3.8) is 0 Å². The van der Waals surface area contributed by atoms with Crippen LogP contribution >= 0.6 is 0 Å². The first-order chi connectivity index (χ1) is 11.9. The topological polar surface area (TPSA) is 64.6 Å². The number of benzene rings is 2. The summed E-state index contributed by atoms with van der Waals surface area (Å²) in [6, 6.07) is 12.6. The summed E-state index contributed by atoms with van der Waals surface area (Å²) >= 11 is 0. The molecule has 136 valence electrons. The predicted molar refractivity (Wildman–Crippen MR) is 99.0 cm³/mol. The monoisotopic (exact) mass is 363 g/mol. The molecule has 1 N–H and O–H groups in total. The van der Waals surface area contributed by atoms with Crippen LogP contribution in [-0.4, -0.2) is 29.2 Å². The molecule has 0 aliphatic heterocycles. The van der Waals surface area contributed by atoms with Gasteiger partial charge in [-0.25, -0.2) is 13.1 Å². The molecule has 0 saturated carbocycles. The Bertz CT molecular complexity index is 799. The predicted octanol–water partition coefficient (Wildman–Crippen LogP) is 3.35. The largest absolute Gasteiger partial charge is 0.493 e. The summed E-state index contributed by atoms with van der Waals surface area (Å²) in [4.78, 5) is 0.282. The Morgan fingerprint density at radius 3 is 2.16 bits per heavy atom. The smallest absolute Gasteiger partial charge is 0.240 e.